The Morgan fingerprint density at radius 2 is 2.07 bits per heavy atom. The molecule has 0 fully saturated rings. The van der Waals surface area contributed by atoms with Crippen molar-refractivity contribution in [2.45, 2.75) is 33.3 Å². The van der Waals surface area contributed by atoms with Crippen LogP contribution in [0, 0.1) is 5.92 Å². The zero-order chi connectivity index (χ0) is 11.1. The number of hydrogen-bond donors (Lipinski definition) is 1. The first-order valence-electron chi connectivity index (χ1n) is 4.86. The summed E-state index contributed by atoms with van der Waals surface area (Å²) in [5.41, 5.74) is 0.659. The lowest BCUT2D eigenvalue weighted by molar-refractivity contribution is -0.117. The molecule has 14 heavy (non-hydrogen) atoms. The maximum absolute atomic E-state index is 11.5. The van der Waals surface area contributed by atoms with Gasteiger partial charge >= 0.3 is 0 Å². The number of aliphatic hydroxyl groups is 1. The largest absolute Gasteiger partial charge is 0.392 e. The van der Waals surface area contributed by atoms with Gasteiger partial charge in [-0.25, -0.2) is 0 Å². The van der Waals surface area contributed by atoms with Crippen LogP contribution >= 0.6 is 0 Å². The van der Waals surface area contributed by atoms with Crippen LogP contribution in [0.3, 0.4) is 0 Å². The van der Waals surface area contributed by atoms with Crippen molar-refractivity contribution >= 4 is 5.78 Å². The number of ether oxygens (including phenoxy) is 1. The third-order valence-corrected chi connectivity index (χ3v) is 2.16. The number of methoxy groups -OCH3 is 1. The summed E-state index contributed by atoms with van der Waals surface area (Å²) in [6.45, 7) is 5.97. The van der Waals surface area contributed by atoms with Crippen molar-refractivity contribution in [2.24, 2.45) is 5.92 Å². The molecule has 3 heteroatoms. The molecule has 0 aromatic carbocycles. The molecule has 0 bridgehead atoms. The second-order valence-corrected chi connectivity index (χ2v) is 3.78. The third kappa shape index (κ3) is 5.14. The third-order valence-electron chi connectivity index (χ3n) is 2.16. The molecule has 0 amide bonds. The van der Waals surface area contributed by atoms with Crippen LogP contribution in [0.4, 0.5) is 0 Å². The quantitative estimate of drug-likeness (QED) is 0.662. The Morgan fingerprint density at radius 1 is 1.50 bits per heavy atom. The van der Waals surface area contributed by atoms with Gasteiger partial charge < -0.3 is 9.84 Å². The maximum atomic E-state index is 11.5. The Morgan fingerprint density at radius 3 is 2.50 bits per heavy atom. The van der Waals surface area contributed by atoms with Crippen LogP contribution in [-0.4, -0.2) is 30.7 Å². The monoisotopic (exact) mass is 200 g/mol. The van der Waals surface area contributed by atoms with Gasteiger partial charge in [-0.2, -0.15) is 0 Å². The van der Waals surface area contributed by atoms with Gasteiger partial charge in [0, 0.05) is 13.5 Å². The first-order valence-corrected chi connectivity index (χ1v) is 4.86. The standard InChI is InChI=1S/C11H20O3/c1-8(2)10(12)7-11(13)9(3)5-6-14-4/h5,8,10,12H,6-7H2,1-4H3. The minimum atomic E-state index is -0.548. The fourth-order valence-electron chi connectivity index (χ4n) is 0.909. The summed E-state index contributed by atoms with van der Waals surface area (Å²) in [5, 5.41) is 9.49. The van der Waals surface area contributed by atoms with Crippen molar-refractivity contribution in [3.8, 4) is 0 Å². The number of ketones is 1. The van der Waals surface area contributed by atoms with Gasteiger partial charge in [-0.15, -0.1) is 0 Å². The molecule has 0 rings (SSSR count). The lowest BCUT2D eigenvalue weighted by atomic mass is 9.99. The Labute approximate surface area is 85.8 Å². The molecule has 0 aromatic heterocycles. The summed E-state index contributed by atoms with van der Waals surface area (Å²) in [5.74, 6) is 0.109. The number of Topliss-reactive ketones (excluding diaryl/α,β-unsaturated/α-hetero) is 1. The van der Waals surface area contributed by atoms with Gasteiger partial charge in [0.05, 0.1) is 12.7 Å². The number of rotatable bonds is 6. The molecule has 1 N–H and O–H groups in total. The molecule has 1 atom stereocenters. The summed E-state index contributed by atoms with van der Waals surface area (Å²) in [4.78, 5) is 11.5. The molecule has 82 valence electrons. The second-order valence-electron chi connectivity index (χ2n) is 3.78. The fraction of sp³-hybridized carbons (Fsp3) is 0.727. The van der Waals surface area contributed by atoms with Crippen LogP contribution < -0.4 is 0 Å². The van der Waals surface area contributed by atoms with E-state index in [0.717, 1.165) is 0 Å². The van der Waals surface area contributed by atoms with Gasteiger partial charge in [0.1, 0.15) is 0 Å². The van der Waals surface area contributed by atoms with Crippen molar-refractivity contribution in [1.82, 2.24) is 0 Å². The Hall–Kier alpha value is -0.670. The van der Waals surface area contributed by atoms with E-state index in [1.165, 1.54) is 0 Å². The lowest BCUT2D eigenvalue weighted by Gasteiger charge is -2.13. The highest BCUT2D eigenvalue weighted by molar-refractivity contribution is 5.95. The van der Waals surface area contributed by atoms with Gasteiger partial charge in [-0.05, 0) is 18.4 Å². The fourth-order valence-corrected chi connectivity index (χ4v) is 0.909. The average molecular weight is 200 g/mol. The lowest BCUT2D eigenvalue weighted by Crippen LogP contribution is -2.19. The molecule has 0 radical (unpaired) electrons. The van der Waals surface area contributed by atoms with Crippen molar-refractivity contribution in [3.63, 3.8) is 0 Å². The smallest absolute Gasteiger partial charge is 0.160 e. The molecule has 1 unspecified atom stereocenters. The molecule has 0 aliphatic rings. The summed E-state index contributed by atoms with van der Waals surface area (Å²) < 4.78 is 4.82. The molecular formula is C11H20O3. The van der Waals surface area contributed by atoms with Crippen LogP contribution in [0.2, 0.25) is 0 Å². The minimum absolute atomic E-state index is 0.0109. The van der Waals surface area contributed by atoms with Gasteiger partial charge in [0.2, 0.25) is 0 Å². The Kier molecular flexibility index (Phi) is 6.41. The molecule has 0 aromatic rings. The highest BCUT2D eigenvalue weighted by Crippen LogP contribution is 2.09. The second kappa shape index (κ2) is 6.74. The van der Waals surface area contributed by atoms with Gasteiger partial charge in [-0.3, -0.25) is 4.79 Å². The maximum Gasteiger partial charge on any atom is 0.160 e. The van der Waals surface area contributed by atoms with E-state index in [1.807, 2.05) is 13.8 Å². The van der Waals surface area contributed by atoms with Crippen LogP contribution in [0.1, 0.15) is 27.2 Å². The van der Waals surface area contributed by atoms with Crippen LogP contribution in [-0.2, 0) is 9.53 Å². The molecule has 0 spiro atoms. The number of carbonyl (C=O) groups excluding carboxylic acids is 1. The summed E-state index contributed by atoms with van der Waals surface area (Å²) >= 11 is 0. The van der Waals surface area contributed by atoms with E-state index in [2.05, 4.69) is 0 Å². The van der Waals surface area contributed by atoms with Gasteiger partial charge in [0.25, 0.3) is 0 Å². The van der Waals surface area contributed by atoms with Crippen LogP contribution in [0.25, 0.3) is 0 Å². The van der Waals surface area contributed by atoms with E-state index in [-0.39, 0.29) is 18.1 Å². The number of allylic oxidation sites excluding steroid dienone is 1. The molecular weight excluding hydrogens is 180 g/mol. The molecule has 0 saturated heterocycles. The Balaban J connectivity index is 4.07. The molecule has 0 aliphatic carbocycles. The Bertz CT molecular complexity index is 207. The van der Waals surface area contributed by atoms with E-state index < -0.39 is 6.10 Å². The normalized spacial score (nSPS) is 14.6. The zero-order valence-corrected chi connectivity index (χ0v) is 9.41. The van der Waals surface area contributed by atoms with E-state index in [0.29, 0.717) is 12.2 Å². The topological polar surface area (TPSA) is 46.5 Å². The molecule has 0 saturated carbocycles. The van der Waals surface area contributed by atoms with E-state index in [9.17, 15) is 9.90 Å². The van der Waals surface area contributed by atoms with Crippen molar-refractivity contribution in [3.05, 3.63) is 11.6 Å². The van der Waals surface area contributed by atoms with E-state index in [1.54, 1.807) is 20.1 Å². The summed E-state index contributed by atoms with van der Waals surface area (Å²) in [7, 11) is 1.58. The predicted molar refractivity (Wildman–Crippen MR) is 56.1 cm³/mol. The molecule has 0 aliphatic heterocycles. The van der Waals surface area contributed by atoms with Gasteiger partial charge in [0.15, 0.2) is 5.78 Å². The zero-order valence-electron chi connectivity index (χ0n) is 9.41. The van der Waals surface area contributed by atoms with Crippen molar-refractivity contribution in [2.75, 3.05) is 13.7 Å². The van der Waals surface area contributed by atoms with Crippen molar-refractivity contribution in [1.29, 1.82) is 0 Å². The molecule has 3 nitrogen and oxygen atoms in total. The van der Waals surface area contributed by atoms with E-state index in [4.69, 9.17) is 4.74 Å². The minimum Gasteiger partial charge on any atom is -0.392 e. The highest BCUT2D eigenvalue weighted by atomic mass is 16.5. The summed E-state index contributed by atoms with van der Waals surface area (Å²) in [6.07, 6.45) is 1.38. The number of hydrogen-bond acceptors (Lipinski definition) is 3. The highest BCUT2D eigenvalue weighted by Gasteiger charge is 2.14. The first kappa shape index (κ1) is 13.3. The summed E-state index contributed by atoms with van der Waals surface area (Å²) in [6, 6.07) is 0. The van der Waals surface area contributed by atoms with E-state index >= 15 is 0 Å². The first-order chi connectivity index (χ1) is 6.49. The number of carbonyl (C=O) groups is 1. The van der Waals surface area contributed by atoms with Crippen LogP contribution in [0.15, 0.2) is 11.6 Å². The van der Waals surface area contributed by atoms with Gasteiger partial charge in [-0.1, -0.05) is 19.9 Å². The SMILES string of the molecule is COCC=C(C)C(=O)CC(O)C(C)C. The van der Waals surface area contributed by atoms with Crippen LogP contribution in [0.5, 0.6) is 0 Å². The van der Waals surface area contributed by atoms with Crippen molar-refractivity contribution < 1.29 is 14.6 Å². The average Bonchev–Trinajstić information content (AvgIpc) is 2.13. The predicted octanol–water partition coefficient (Wildman–Crippen LogP) is 1.56. The number of aliphatic hydroxyl groups excluding tert-OH is 1. The molecule has 0 heterocycles.